The van der Waals surface area contributed by atoms with Crippen molar-refractivity contribution in [2.75, 3.05) is 11.9 Å². The van der Waals surface area contributed by atoms with E-state index in [1.165, 1.54) is 43.1 Å². The molecule has 1 aromatic rings. The lowest BCUT2D eigenvalue weighted by molar-refractivity contribution is -0.383. The van der Waals surface area contributed by atoms with Crippen LogP contribution in [0.25, 0.3) is 0 Å². The number of hydrogen-bond acceptors (Lipinski definition) is 5. The summed E-state index contributed by atoms with van der Waals surface area (Å²) in [6.45, 7) is 1.64. The minimum Gasteiger partial charge on any atom is -0.388 e. The first-order chi connectivity index (χ1) is 9.50. The average molecular weight is 298 g/mol. The highest BCUT2D eigenvalue weighted by molar-refractivity contribution is 7.16. The van der Waals surface area contributed by atoms with Gasteiger partial charge in [-0.05, 0) is 19.8 Å². The Kier molecular flexibility index (Phi) is 4.99. The Morgan fingerprint density at radius 2 is 2.00 bits per heavy atom. The predicted molar refractivity (Wildman–Crippen MR) is 81.5 cm³/mol. The van der Waals surface area contributed by atoms with Crippen LogP contribution in [-0.2, 0) is 0 Å². The van der Waals surface area contributed by atoms with E-state index in [1.54, 1.807) is 6.92 Å². The van der Waals surface area contributed by atoms with E-state index in [9.17, 15) is 15.2 Å². The third-order valence-electron chi connectivity index (χ3n) is 4.01. The van der Waals surface area contributed by atoms with E-state index in [0.29, 0.717) is 15.9 Å². The minimum absolute atomic E-state index is 0.123. The van der Waals surface area contributed by atoms with Crippen molar-refractivity contribution in [3.63, 3.8) is 0 Å². The van der Waals surface area contributed by atoms with Crippen LogP contribution in [0.3, 0.4) is 0 Å². The van der Waals surface area contributed by atoms with E-state index in [4.69, 9.17) is 0 Å². The van der Waals surface area contributed by atoms with Gasteiger partial charge in [0.1, 0.15) is 0 Å². The maximum Gasteiger partial charge on any atom is 0.304 e. The molecule has 1 saturated carbocycles. The van der Waals surface area contributed by atoms with Crippen molar-refractivity contribution in [2.24, 2.45) is 0 Å². The fraction of sp³-hybridized carbons (Fsp3) is 0.714. The smallest absolute Gasteiger partial charge is 0.304 e. The predicted octanol–water partition coefficient (Wildman–Crippen LogP) is 3.87. The summed E-state index contributed by atoms with van der Waals surface area (Å²) in [5, 5.41) is 21.5. The summed E-state index contributed by atoms with van der Waals surface area (Å²) in [5.41, 5.74) is 0.123. The second kappa shape index (κ2) is 6.54. The molecule has 6 heteroatoms. The molecule has 0 aliphatic heterocycles. The Balaban J connectivity index is 2.27. The van der Waals surface area contributed by atoms with E-state index in [1.807, 2.05) is 7.05 Å². The molecule has 1 aliphatic carbocycles. The van der Waals surface area contributed by atoms with Crippen LogP contribution in [0, 0.1) is 10.1 Å². The van der Waals surface area contributed by atoms with Gasteiger partial charge in [0.25, 0.3) is 0 Å². The molecule has 1 aliphatic rings. The lowest BCUT2D eigenvalue weighted by atomic mass is 10.1. The van der Waals surface area contributed by atoms with Gasteiger partial charge in [0.2, 0.25) is 0 Å². The molecule has 1 atom stereocenters. The van der Waals surface area contributed by atoms with Gasteiger partial charge < -0.3 is 10.0 Å². The van der Waals surface area contributed by atoms with Crippen LogP contribution >= 0.6 is 11.3 Å². The summed E-state index contributed by atoms with van der Waals surface area (Å²) >= 11 is 1.34. The van der Waals surface area contributed by atoms with Crippen molar-refractivity contribution in [3.05, 3.63) is 21.1 Å². The van der Waals surface area contributed by atoms with E-state index < -0.39 is 6.10 Å². The minimum atomic E-state index is -0.657. The molecule has 0 saturated heterocycles. The molecule has 0 spiro atoms. The van der Waals surface area contributed by atoms with Crippen molar-refractivity contribution in [3.8, 4) is 0 Å². The highest BCUT2D eigenvalue weighted by Crippen LogP contribution is 2.41. The number of nitrogens with zero attached hydrogens (tertiary/aromatic N) is 2. The van der Waals surface area contributed by atoms with E-state index >= 15 is 0 Å². The van der Waals surface area contributed by atoms with Crippen LogP contribution in [0.4, 0.5) is 10.7 Å². The first-order valence-electron chi connectivity index (χ1n) is 7.19. The number of hydrogen-bond donors (Lipinski definition) is 1. The molecular weight excluding hydrogens is 276 g/mol. The van der Waals surface area contributed by atoms with Crippen molar-refractivity contribution >= 4 is 22.0 Å². The van der Waals surface area contributed by atoms with Crippen molar-refractivity contribution in [1.29, 1.82) is 0 Å². The Labute approximate surface area is 123 Å². The zero-order chi connectivity index (χ0) is 14.7. The van der Waals surface area contributed by atoms with Gasteiger partial charge in [-0.15, -0.1) is 11.3 Å². The molecule has 0 unspecified atom stereocenters. The zero-order valence-corrected chi connectivity index (χ0v) is 12.9. The third kappa shape index (κ3) is 3.30. The second-order valence-corrected chi connectivity index (χ2v) is 6.59. The molecule has 1 aromatic heterocycles. The molecule has 2 rings (SSSR count). The molecule has 1 N–H and O–H groups in total. The summed E-state index contributed by atoms with van der Waals surface area (Å²) in [6.07, 6.45) is 6.43. The second-order valence-electron chi connectivity index (χ2n) is 5.53. The Bertz CT molecular complexity index is 465. The highest BCUT2D eigenvalue weighted by Gasteiger charge is 2.27. The van der Waals surface area contributed by atoms with Crippen LogP contribution in [0.5, 0.6) is 0 Å². The van der Waals surface area contributed by atoms with Gasteiger partial charge in [-0.1, -0.05) is 25.7 Å². The summed E-state index contributed by atoms with van der Waals surface area (Å²) in [5.74, 6) is 0. The molecule has 112 valence electrons. The molecule has 1 heterocycles. The lowest BCUT2D eigenvalue weighted by Gasteiger charge is -2.27. The fourth-order valence-electron chi connectivity index (χ4n) is 2.79. The molecular formula is C14H22N2O3S. The maximum atomic E-state index is 11.2. The van der Waals surface area contributed by atoms with Crippen LogP contribution in [-0.4, -0.2) is 23.1 Å². The normalized spacial score (nSPS) is 18.6. The maximum absolute atomic E-state index is 11.2. The van der Waals surface area contributed by atoms with Crippen molar-refractivity contribution < 1.29 is 10.0 Å². The molecule has 5 nitrogen and oxygen atoms in total. The van der Waals surface area contributed by atoms with Crippen LogP contribution in [0.2, 0.25) is 0 Å². The summed E-state index contributed by atoms with van der Waals surface area (Å²) < 4.78 is 0. The Morgan fingerprint density at radius 1 is 1.40 bits per heavy atom. The number of thiophene rings is 1. The average Bonchev–Trinajstić information content (AvgIpc) is 2.68. The van der Waals surface area contributed by atoms with E-state index in [0.717, 1.165) is 12.8 Å². The summed E-state index contributed by atoms with van der Waals surface area (Å²) in [7, 11) is 1.95. The number of anilines is 1. The van der Waals surface area contributed by atoms with Gasteiger partial charge in [0.15, 0.2) is 5.00 Å². The van der Waals surface area contributed by atoms with Crippen LogP contribution < -0.4 is 4.90 Å². The summed E-state index contributed by atoms with van der Waals surface area (Å²) in [4.78, 5) is 13.6. The van der Waals surface area contributed by atoms with Gasteiger partial charge in [-0.25, -0.2) is 0 Å². The molecule has 20 heavy (non-hydrogen) atoms. The zero-order valence-electron chi connectivity index (χ0n) is 12.0. The Hall–Kier alpha value is -1.14. The molecule has 0 amide bonds. The van der Waals surface area contributed by atoms with Crippen molar-refractivity contribution in [2.45, 2.75) is 57.6 Å². The first-order valence-corrected chi connectivity index (χ1v) is 8.01. The van der Waals surface area contributed by atoms with Gasteiger partial charge in [-0.3, -0.25) is 10.1 Å². The molecule has 0 radical (unpaired) electrons. The van der Waals surface area contributed by atoms with E-state index in [-0.39, 0.29) is 10.6 Å². The Morgan fingerprint density at radius 3 is 2.50 bits per heavy atom. The molecule has 1 fully saturated rings. The first kappa shape index (κ1) is 15.3. The van der Waals surface area contributed by atoms with Gasteiger partial charge >= 0.3 is 5.69 Å². The largest absolute Gasteiger partial charge is 0.388 e. The number of aliphatic hydroxyl groups is 1. The monoisotopic (exact) mass is 298 g/mol. The van der Waals surface area contributed by atoms with Crippen LogP contribution in [0.15, 0.2) is 6.07 Å². The van der Waals surface area contributed by atoms with Crippen LogP contribution in [0.1, 0.15) is 56.4 Å². The topological polar surface area (TPSA) is 66.6 Å². The van der Waals surface area contributed by atoms with E-state index in [2.05, 4.69) is 4.90 Å². The standard InChI is InChI=1S/C14H22N2O3S/c1-10(17)13-9-12(16(18)19)14(20-13)15(2)11-7-5-3-4-6-8-11/h9-11,17H,3-8H2,1-2H3/t10-/m0/s1. The SMILES string of the molecule is C[C@H](O)c1cc([N+](=O)[O-])c(N(C)C2CCCCCC2)s1. The number of rotatable bonds is 4. The van der Waals surface area contributed by atoms with Gasteiger partial charge in [0, 0.05) is 24.0 Å². The van der Waals surface area contributed by atoms with Crippen molar-refractivity contribution in [1.82, 2.24) is 0 Å². The molecule has 0 aromatic carbocycles. The highest BCUT2D eigenvalue weighted by atomic mass is 32.1. The lowest BCUT2D eigenvalue weighted by Crippen LogP contribution is -2.30. The molecule has 0 bridgehead atoms. The number of aliphatic hydroxyl groups excluding tert-OH is 1. The quantitative estimate of drug-likeness (QED) is 0.520. The van der Waals surface area contributed by atoms with Gasteiger partial charge in [0.05, 0.1) is 11.0 Å². The fourth-order valence-corrected chi connectivity index (χ4v) is 3.89. The number of nitro groups is 1. The van der Waals surface area contributed by atoms with Gasteiger partial charge in [-0.2, -0.15) is 0 Å². The summed E-state index contributed by atoms with van der Waals surface area (Å²) in [6, 6.07) is 1.88. The third-order valence-corrected chi connectivity index (χ3v) is 5.40.